The van der Waals surface area contributed by atoms with Gasteiger partial charge >= 0.3 is 0 Å². The van der Waals surface area contributed by atoms with Crippen LogP contribution in [0.5, 0.6) is 0 Å². The fourth-order valence-electron chi connectivity index (χ4n) is 2.01. The van der Waals surface area contributed by atoms with E-state index in [9.17, 15) is 0 Å². The van der Waals surface area contributed by atoms with E-state index in [1.807, 2.05) is 12.1 Å². The smallest absolute Gasteiger partial charge is 0.0681 e. The summed E-state index contributed by atoms with van der Waals surface area (Å²) in [7, 11) is 0. The van der Waals surface area contributed by atoms with Gasteiger partial charge in [-0.05, 0) is 30.5 Å². The molecule has 1 atom stereocenters. The molecule has 2 nitrogen and oxygen atoms in total. The van der Waals surface area contributed by atoms with E-state index in [1.165, 1.54) is 16.7 Å². The highest BCUT2D eigenvalue weighted by atomic mass is 16.3. The van der Waals surface area contributed by atoms with E-state index in [2.05, 4.69) is 55.6 Å². The molecule has 2 N–H and O–H groups in total. The van der Waals surface area contributed by atoms with Gasteiger partial charge in [0, 0.05) is 12.6 Å². The Balaban J connectivity index is 1.92. The SMILES string of the molecule is Cc1ccc([C@@H](C)NCc2ccc(CO)cc2)cc1. The Hall–Kier alpha value is -1.64. The number of aliphatic hydroxyl groups is 1. The minimum Gasteiger partial charge on any atom is -0.392 e. The van der Waals surface area contributed by atoms with Gasteiger partial charge in [-0.15, -0.1) is 0 Å². The summed E-state index contributed by atoms with van der Waals surface area (Å²) in [5, 5.41) is 12.5. The molecule has 0 aromatic heterocycles. The number of aliphatic hydroxyl groups excluding tert-OH is 1. The Labute approximate surface area is 115 Å². The normalized spacial score (nSPS) is 12.4. The molecule has 0 aliphatic carbocycles. The molecule has 0 saturated carbocycles. The average Bonchev–Trinajstić information content (AvgIpc) is 2.46. The van der Waals surface area contributed by atoms with Crippen LogP contribution in [0.15, 0.2) is 48.5 Å². The summed E-state index contributed by atoms with van der Waals surface area (Å²) in [5.74, 6) is 0. The van der Waals surface area contributed by atoms with Gasteiger partial charge < -0.3 is 10.4 Å². The van der Waals surface area contributed by atoms with Crippen molar-refractivity contribution in [1.29, 1.82) is 0 Å². The summed E-state index contributed by atoms with van der Waals surface area (Å²) in [6, 6.07) is 17.0. The van der Waals surface area contributed by atoms with Gasteiger partial charge in [0.1, 0.15) is 0 Å². The molecule has 0 radical (unpaired) electrons. The topological polar surface area (TPSA) is 32.3 Å². The van der Waals surface area contributed by atoms with Crippen molar-refractivity contribution in [1.82, 2.24) is 5.32 Å². The Bertz CT molecular complexity index is 502. The second-order valence-electron chi connectivity index (χ2n) is 4.99. The molecular weight excluding hydrogens is 234 g/mol. The molecule has 2 aromatic rings. The largest absolute Gasteiger partial charge is 0.392 e. The number of benzene rings is 2. The number of aryl methyl sites for hydroxylation is 1. The van der Waals surface area contributed by atoms with Crippen LogP contribution in [0.2, 0.25) is 0 Å². The van der Waals surface area contributed by atoms with Crippen molar-refractivity contribution in [2.45, 2.75) is 33.0 Å². The average molecular weight is 255 g/mol. The van der Waals surface area contributed by atoms with E-state index in [0.717, 1.165) is 12.1 Å². The zero-order valence-electron chi connectivity index (χ0n) is 11.6. The van der Waals surface area contributed by atoms with Gasteiger partial charge in [-0.2, -0.15) is 0 Å². The molecule has 2 heteroatoms. The molecule has 0 fully saturated rings. The van der Waals surface area contributed by atoms with Gasteiger partial charge in [0.15, 0.2) is 0 Å². The second-order valence-corrected chi connectivity index (χ2v) is 4.99. The number of rotatable bonds is 5. The number of hydrogen-bond acceptors (Lipinski definition) is 2. The van der Waals surface area contributed by atoms with E-state index in [-0.39, 0.29) is 6.61 Å². The molecule has 2 aromatic carbocycles. The van der Waals surface area contributed by atoms with Crippen LogP contribution in [-0.4, -0.2) is 5.11 Å². The first kappa shape index (κ1) is 13.8. The molecule has 0 amide bonds. The number of nitrogens with one attached hydrogen (secondary N) is 1. The number of hydrogen-bond donors (Lipinski definition) is 2. The lowest BCUT2D eigenvalue weighted by Crippen LogP contribution is -2.18. The zero-order chi connectivity index (χ0) is 13.7. The Morgan fingerprint density at radius 1 is 0.947 bits per heavy atom. The first-order chi connectivity index (χ1) is 9.19. The molecule has 0 heterocycles. The lowest BCUT2D eigenvalue weighted by Gasteiger charge is -2.14. The maximum Gasteiger partial charge on any atom is 0.0681 e. The van der Waals surface area contributed by atoms with Crippen molar-refractivity contribution >= 4 is 0 Å². The summed E-state index contributed by atoms with van der Waals surface area (Å²) < 4.78 is 0. The lowest BCUT2D eigenvalue weighted by atomic mass is 10.1. The highest BCUT2D eigenvalue weighted by Crippen LogP contribution is 2.14. The van der Waals surface area contributed by atoms with Gasteiger partial charge in [0.05, 0.1) is 6.61 Å². The molecule has 0 unspecified atom stereocenters. The standard InChI is InChI=1S/C17H21NO/c1-13-3-9-17(10-4-13)14(2)18-11-15-5-7-16(12-19)8-6-15/h3-10,14,18-19H,11-12H2,1-2H3/t14-/m1/s1. The van der Waals surface area contributed by atoms with Crippen LogP contribution in [0.4, 0.5) is 0 Å². The van der Waals surface area contributed by atoms with Gasteiger partial charge in [0.25, 0.3) is 0 Å². The first-order valence-corrected chi connectivity index (χ1v) is 6.67. The molecule has 0 spiro atoms. The van der Waals surface area contributed by atoms with Crippen LogP contribution >= 0.6 is 0 Å². The fourth-order valence-corrected chi connectivity index (χ4v) is 2.01. The molecule has 0 aliphatic heterocycles. The first-order valence-electron chi connectivity index (χ1n) is 6.67. The third-order valence-electron chi connectivity index (χ3n) is 3.40. The van der Waals surface area contributed by atoms with Crippen LogP contribution in [-0.2, 0) is 13.2 Å². The van der Waals surface area contributed by atoms with E-state index < -0.39 is 0 Å². The Kier molecular flexibility index (Phi) is 4.72. The monoisotopic (exact) mass is 255 g/mol. The van der Waals surface area contributed by atoms with Crippen LogP contribution in [0.1, 0.15) is 35.2 Å². The van der Waals surface area contributed by atoms with Crippen LogP contribution < -0.4 is 5.32 Å². The predicted octanol–water partition coefficient (Wildman–Crippen LogP) is 3.34. The summed E-state index contributed by atoms with van der Waals surface area (Å²) in [5.41, 5.74) is 4.78. The van der Waals surface area contributed by atoms with Gasteiger partial charge in [-0.3, -0.25) is 0 Å². The minimum absolute atomic E-state index is 0.105. The van der Waals surface area contributed by atoms with Gasteiger partial charge in [-0.25, -0.2) is 0 Å². The molecule has 0 aliphatic rings. The van der Waals surface area contributed by atoms with Crippen LogP contribution in [0.25, 0.3) is 0 Å². The Morgan fingerprint density at radius 3 is 2.11 bits per heavy atom. The van der Waals surface area contributed by atoms with E-state index in [1.54, 1.807) is 0 Å². The minimum atomic E-state index is 0.105. The van der Waals surface area contributed by atoms with Gasteiger partial charge in [0.2, 0.25) is 0 Å². The highest BCUT2D eigenvalue weighted by Gasteiger charge is 2.04. The van der Waals surface area contributed by atoms with E-state index >= 15 is 0 Å². The third kappa shape index (κ3) is 3.91. The maximum atomic E-state index is 9.00. The summed E-state index contributed by atoms with van der Waals surface area (Å²) in [4.78, 5) is 0. The third-order valence-corrected chi connectivity index (χ3v) is 3.40. The molecule has 19 heavy (non-hydrogen) atoms. The van der Waals surface area contributed by atoms with Crippen molar-refractivity contribution in [3.8, 4) is 0 Å². The van der Waals surface area contributed by atoms with Crippen molar-refractivity contribution in [2.75, 3.05) is 0 Å². The highest BCUT2D eigenvalue weighted by molar-refractivity contribution is 5.25. The van der Waals surface area contributed by atoms with Crippen molar-refractivity contribution in [3.05, 3.63) is 70.8 Å². The molecular formula is C17H21NO. The summed E-state index contributed by atoms with van der Waals surface area (Å²) >= 11 is 0. The van der Waals surface area contributed by atoms with Crippen molar-refractivity contribution < 1.29 is 5.11 Å². The molecule has 0 bridgehead atoms. The van der Waals surface area contributed by atoms with Crippen molar-refractivity contribution in [3.63, 3.8) is 0 Å². The molecule has 0 saturated heterocycles. The fraction of sp³-hybridized carbons (Fsp3) is 0.294. The second kappa shape index (κ2) is 6.50. The zero-order valence-corrected chi connectivity index (χ0v) is 11.6. The predicted molar refractivity (Wildman–Crippen MR) is 78.8 cm³/mol. The summed E-state index contributed by atoms with van der Waals surface area (Å²) in [6.45, 7) is 5.21. The molecule has 2 rings (SSSR count). The summed E-state index contributed by atoms with van der Waals surface area (Å²) in [6.07, 6.45) is 0. The quantitative estimate of drug-likeness (QED) is 0.859. The molecule has 100 valence electrons. The van der Waals surface area contributed by atoms with E-state index in [4.69, 9.17) is 5.11 Å². The van der Waals surface area contributed by atoms with Crippen LogP contribution in [0.3, 0.4) is 0 Å². The Morgan fingerprint density at radius 2 is 1.53 bits per heavy atom. The van der Waals surface area contributed by atoms with E-state index in [0.29, 0.717) is 6.04 Å². The van der Waals surface area contributed by atoms with Gasteiger partial charge in [-0.1, -0.05) is 54.1 Å². The maximum absolute atomic E-state index is 9.00. The van der Waals surface area contributed by atoms with Crippen molar-refractivity contribution in [2.24, 2.45) is 0 Å². The van der Waals surface area contributed by atoms with Crippen LogP contribution in [0, 0.1) is 6.92 Å². The lowest BCUT2D eigenvalue weighted by molar-refractivity contribution is 0.282.